The van der Waals surface area contributed by atoms with Gasteiger partial charge in [0.2, 0.25) is 0 Å². The van der Waals surface area contributed by atoms with E-state index in [0.717, 1.165) is 35.6 Å². The Hall–Kier alpha value is -1.62. The van der Waals surface area contributed by atoms with Gasteiger partial charge >= 0.3 is 0 Å². The number of anilines is 1. The summed E-state index contributed by atoms with van der Waals surface area (Å²) in [7, 11) is 4.11. The quantitative estimate of drug-likeness (QED) is 0.812. The molecule has 0 radical (unpaired) electrons. The molecule has 0 amide bonds. The third-order valence-corrected chi connectivity index (χ3v) is 2.41. The van der Waals surface area contributed by atoms with Gasteiger partial charge in [-0.1, -0.05) is 0 Å². The highest BCUT2D eigenvalue weighted by Crippen LogP contribution is 2.19. The molecular formula is C11H17N5. The highest BCUT2D eigenvalue weighted by atomic mass is 15.1. The maximum Gasteiger partial charge on any atom is 0.143 e. The summed E-state index contributed by atoms with van der Waals surface area (Å²) >= 11 is 0. The van der Waals surface area contributed by atoms with Crippen LogP contribution in [0.4, 0.5) is 5.82 Å². The first-order chi connectivity index (χ1) is 7.66. The Morgan fingerprint density at radius 2 is 2.19 bits per heavy atom. The van der Waals surface area contributed by atoms with E-state index in [2.05, 4.69) is 45.3 Å². The van der Waals surface area contributed by atoms with Crippen molar-refractivity contribution in [3.8, 4) is 0 Å². The molecule has 0 aliphatic rings. The number of aromatic amines is 1. The maximum atomic E-state index is 4.26. The summed E-state index contributed by atoms with van der Waals surface area (Å²) < 4.78 is 0. The van der Waals surface area contributed by atoms with Gasteiger partial charge in [-0.2, -0.15) is 0 Å². The first-order valence-electron chi connectivity index (χ1n) is 5.36. The third kappa shape index (κ3) is 2.30. The van der Waals surface area contributed by atoms with Gasteiger partial charge in [0.05, 0.1) is 5.39 Å². The van der Waals surface area contributed by atoms with Crippen LogP contribution in [-0.2, 0) is 0 Å². The Balaban J connectivity index is 2.17. The van der Waals surface area contributed by atoms with E-state index in [9.17, 15) is 0 Å². The molecule has 0 spiro atoms. The lowest BCUT2D eigenvalue weighted by Crippen LogP contribution is -2.21. The minimum atomic E-state index is 0.878. The van der Waals surface area contributed by atoms with Crippen LogP contribution in [0.25, 0.3) is 11.0 Å². The van der Waals surface area contributed by atoms with Gasteiger partial charge in [-0.25, -0.2) is 9.97 Å². The molecule has 5 nitrogen and oxygen atoms in total. The topological polar surface area (TPSA) is 56.8 Å². The number of nitrogens with one attached hydrogen (secondary N) is 2. The van der Waals surface area contributed by atoms with E-state index in [0.29, 0.717) is 0 Å². The van der Waals surface area contributed by atoms with Gasteiger partial charge in [-0.3, -0.25) is 0 Å². The van der Waals surface area contributed by atoms with Crippen LogP contribution in [0.5, 0.6) is 0 Å². The van der Waals surface area contributed by atoms with Gasteiger partial charge in [0.1, 0.15) is 17.8 Å². The van der Waals surface area contributed by atoms with Gasteiger partial charge in [0, 0.05) is 18.8 Å². The second-order valence-corrected chi connectivity index (χ2v) is 4.17. The van der Waals surface area contributed by atoms with Gasteiger partial charge in [-0.15, -0.1) is 0 Å². The van der Waals surface area contributed by atoms with Crippen LogP contribution in [0, 0.1) is 6.92 Å². The Bertz CT molecular complexity index is 474. The SMILES string of the molecule is Cc1cc2c(NCCN(C)C)ncnc2[nH]1. The van der Waals surface area contributed by atoms with E-state index in [4.69, 9.17) is 0 Å². The van der Waals surface area contributed by atoms with Crippen molar-refractivity contribution >= 4 is 16.9 Å². The van der Waals surface area contributed by atoms with E-state index in [-0.39, 0.29) is 0 Å². The first-order valence-corrected chi connectivity index (χ1v) is 5.36. The minimum absolute atomic E-state index is 0.878. The Labute approximate surface area is 94.9 Å². The number of rotatable bonds is 4. The van der Waals surface area contributed by atoms with E-state index in [1.807, 2.05) is 6.92 Å². The largest absolute Gasteiger partial charge is 0.368 e. The molecule has 5 heteroatoms. The highest BCUT2D eigenvalue weighted by Gasteiger charge is 2.05. The number of likely N-dealkylation sites (N-methyl/N-ethyl adjacent to an activating group) is 1. The molecule has 16 heavy (non-hydrogen) atoms. The number of aromatic nitrogens is 3. The zero-order chi connectivity index (χ0) is 11.5. The van der Waals surface area contributed by atoms with Crippen LogP contribution >= 0.6 is 0 Å². The molecule has 86 valence electrons. The predicted octanol–water partition coefficient (Wildman–Crippen LogP) is 1.24. The zero-order valence-electron chi connectivity index (χ0n) is 9.91. The fraction of sp³-hybridized carbons (Fsp3) is 0.455. The molecule has 2 heterocycles. The van der Waals surface area contributed by atoms with Gasteiger partial charge in [0.25, 0.3) is 0 Å². The molecule has 2 rings (SSSR count). The number of hydrogen-bond acceptors (Lipinski definition) is 4. The molecule has 0 saturated carbocycles. The van der Waals surface area contributed by atoms with Crippen molar-refractivity contribution in [3.63, 3.8) is 0 Å². The van der Waals surface area contributed by atoms with Crippen molar-refractivity contribution < 1.29 is 0 Å². The monoisotopic (exact) mass is 219 g/mol. The molecule has 0 fully saturated rings. The minimum Gasteiger partial charge on any atom is -0.368 e. The fourth-order valence-electron chi connectivity index (χ4n) is 1.61. The predicted molar refractivity (Wildman–Crippen MR) is 65.7 cm³/mol. The lowest BCUT2D eigenvalue weighted by molar-refractivity contribution is 0.425. The maximum absolute atomic E-state index is 4.26. The molecule has 0 aromatic carbocycles. The van der Waals surface area contributed by atoms with Gasteiger partial charge in [0.15, 0.2) is 0 Å². The van der Waals surface area contributed by atoms with E-state index in [1.54, 1.807) is 6.33 Å². The summed E-state index contributed by atoms with van der Waals surface area (Å²) in [6, 6.07) is 2.06. The fourth-order valence-corrected chi connectivity index (χ4v) is 1.61. The van der Waals surface area contributed by atoms with Crippen molar-refractivity contribution in [3.05, 3.63) is 18.1 Å². The molecule has 2 N–H and O–H groups in total. The number of aryl methyl sites for hydroxylation is 1. The molecule has 0 aliphatic carbocycles. The van der Waals surface area contributed by atoms with Crippen LogP contribution in [0.15, 0.2) is 12.4 Å². The average Bonchev–Trinajstić information content (AvgIpc) is 2.58. The lowest BCUT2D eigenvalue weighted by Gasteiger charge is -2.10. The Morgan fingerprint density at radius 1 is 1.38 bits per heavy atom. The van der Waals surface area contributed by atoms with Crippen molar-refractivity contribution in [2.45, 2.75) is 6.92 Å². The van der Waals surface area contributed by atoms with Crippen LogP contribution in [0.1, 0.15) is 5.69 Å². The van der Waals surface area contributed by atoms with Crippen LogP contribution in [0.3, 0.4) is 0 Å². The summed E-state index contributed by atoms with van der Waals surface area (Å²) in [6.45, 7) is 3.88. The number of H-pyrrole nitrogens is 1. The Kier molecular flexibility index (Phi) is 3.05. The zero-order valence-corrected chi connectivity index (χ0v) is 9.91. The molecular weight excluding hydrogens is 202 g/mol. The highest BCUT2D eigenvalue weighted by molar-refractivity contribution is 5.87. The smallest absolute Gasteiger partial charge is 0.143 e. The number of hydrogen-bond donors (Lipinski definition) is 2. The molecule has 0 aliphatic heterocycles. The summed E-state index contributed by atoms with van der Waals surface area (Å²) in [5.41, 5.74) is 1.99. The summed E-state index contributed by atoms with van der Waals surface area (Å²) in [5, 5.41) is 4.37. The Morgan fingerprint density at radius 3 is 2.94 bits per heavy atom. The lowest BCUT2D eigenvalue weighted by atomic mass is 10.3. The van der Waals surface area contributed by atoms with Crippen molar-refractivity contribution in [2.75, 3.05) is 32.5 Å². The molecule has 0 bridgehead atoms. The molecule has 2 aromatic rings. The van der Waals surface area contributed by atoms with Gasteiger partial charge in [-0.05, 0) is 27.1 Å². The van der Waals surface area contributed by atoms with E-state index >= 15 is 0 Å². The van der Waals surface area contributed by atoms with Crippen molar-refractivity contribution in [1.29, 1.82) is 0 Å². The normalized spacial score (nSPS) is 11.2. The average molecular weight is 219 g/mol. The van der Waals surface area contributed by atoms with Crippen molar-refractivity contribution in [2.24, 2.45) is 0 Å². The second kappa shape index (κ2) is 4.49. The third-order valence-electron chi connectivity index (χ3n) is 2.41. The summed E-state index contributed by atoms with van der Waals surface area (Å²) in [4.78, 5) is 13.8. The second-order valence-electron chi connectivity index (χ2n) is 4.17. The van der Waals surface area contributed by atoms with Crippen molar-refractivity contribution in [1.82, 2.24) is 19.9 Å². The van der Waals surface area contributed by atoms with Crippen LogP contribution in [-0.4, -0.2) is 47.0 Å². The molecule has 0 unspecified atom stereocenters. The number of nitrogens with zero attached hydrogens (tertiary/aromatic N) is 3. The molecule has 0 saturated heterocycles. The standard InChI is InChI=1S/C11H17N5/c1-8-6-9-10(12-4-5-16(2)3)13-7-14-11(9)15-8/h6-7H,4-5H2,1-3H3,(H2,12,13,14,15). The van der Waals surface area contributed by atoms with Crippen LogP contribution in [0.2, 0.25) is 0 Å². The van der Waals surface area contributed by atoms with Crippen LogP contribution < -0.4 is 5.32 Å². The summed E-state index contributed by atoms with van der Waals surface area (Å²) in [5.74, 6) is 0.899. The molecule has 2 aromatic heterocycles. The molecule has 0 atom stereocenters. The first kappa shape index (κ1) is 10.9. The van der Waals surface area contributed by atoms with E-state index < -0.39 is 0 Å². The van der Waals surface area contributed by atoms with E-state index in [1.165, 1.54) is 0 Å². The van der Waals surface area contributed by atoms with Gasteiger partial charge < -0.3 is 15.2 Å². The number of fused-ring (bicyclic) bond motifs is 1. The summed E-state index contributed by atoms with van der Waals surface area (Å²) in [6.07, 6.45) is 1.58.